The molecule has 1 N–H and O–H groups in total. The van der Waals surface area contributed by atoms with Crippen molar-refractivity contribution in [1.82, 2.24) is 5.32 Å². The van der Waals surface area contributed by atoms with Gasteiger partial charge in [0.15, 0.2) is 5.78 Å². The van der Waals surface area contributed by atoms with E-state index < -0.39 is 0 Å². The Balaban J connectivity index is 1.81. The second-order valence-electron chi connectivity index (χ2n) is 4.56. The van der Waals surface area contributed by atoms with Crippen molar-refractivity contribution in [1.29, 1.82) is 0 Å². The second kappa shape index (κ2) is 5.60. The lowest BCUT2D eigenvalue weighted by molar-refractivity contribution is 0.0971. The quantitative estimate of drug-likeness (QED) is 0.816. The molecule has 2 heterocycles. The largest absolute Gasteiger partial charge is 0.316 e. The van der Waals surface area contributed by atoms with Gasteiger partial charge >= 0.3 is 0 Å². The van der Waals surface area contributed by atoms with E-state index >= 15 is 0 Å². The molecule has 1 fully saturated rings. The zero-order chi connectivity index (χ0) is 11.4. The summed E-state index contributed by atoms with van der Waals surface area (Å²) in [6.45, 7) is 4.27. The van der Waals surface area contributed by atoms with Crippen LogP contribution in [0, 0.1) is 12.8 Å². The number of hydrogen-bond acceptors (Lipinski definition) is 3. The Kier molecular flexibility index (Phi) is 4.13. The Hall–Kier alpha value is -0.670. The molecule has 0 radical (unpaired) electrons. The van der Waals surface area contributed by atoms with Crippen LogP contribution in [0.25, 0.3) is 0 Å². The van der Waals surface area contributed by atoms with Gasteiger partial charge in [-0.3, -0.25) is 4.79 Å². The maximum absolute atomic E-state index is 12.0. The third-order valence-corrected chi connectivity index (χ3v) is 4.18. The zero-order valence-electron chi connectivity index (χ0n) is 9.79. The normalized spacial score (nSPS) is 20.9. The summed E-state index contributed by atoms with van der Waals surface area (Å²) in [6.07, 6.45) is 4.30. The monoisotopic (exact) mass is 237 g/mol. The van der Waals surface area contributed by atoms with Gasteiger partial charge in [0.25, 0.3) is 0 Å². The summed E-state index contributed by atoms with van der Waals surface area (Å²) >= 11 is 1.66. The van der Waals surface area contributed by atoms with Gasteiger partial charge in [0, 0.05) is 16.9 Å². The molecule has 0 bridgehead atoms. The van der Waals surface area contributed by atoms with Gasteiger partial charge in [0.05, 0.1) is 0 Å². The number of nitrogens with one attached hydrogen (secondary N) is 1. The van der Waals surface area contributed by atoms with E-state index in [1.807, 2.05) is 18.4 Å². The third-order valence-electron chi connectivity index (χ3n) is 3.34. The predicted octanol–water partition coefficient (Wildman–Crippen LogP) is 3.02. The highest BCUT2D eigenvalue weighted by Gasteiger charge is 2.16. The number of thiophene rings is 1. The van der Waals surface area contributed by atoms with Gasteiger partial charge in [0.1, 0.15) is 0 Å². The Bertz CT molecular complexity index is 353. The van der Waals surface area contributed by atoms with E-state index in [1.54, 1.807) is 11.3 Å². The molecule has 3 heteroatoms. The summed E-state index contributed by atoms with van der Waals surface area (Å²) in [5.41, 5.74) is 0.939. The molecule has 88 valence electrons. The Morgan fingerprint density at radius 1 is 1.62 bits per heavy atom. The van der Waals surface area contributed by atoms with Crippen molar-refractivity contribution in [2.75, 3.05) is 13.1 Å². The summed E-state index contributed by atoms with van der Waals surface area (Å²) < 4.78 is 0. The van der Waals surface area contributed by atoms with E-state index in [0.29, 0.717) is 18.1 Å². The first kappa shape index (κ1) is 11.8. The van der Waals surface area contributed by atoms with Crippen molar-refractivity contribution in [3.63, 3.8) is 0 Å². The number of carbonyl (C=O) groups is 1. The van der Waals surface area contributed by atoms with Crippen molar-refractivity contribution >= 4 is 17.1 Å². The first-order valence-electron chi connectivity index (χ1n) is 6.05. The molecule has 1 aliphatic rings. The molecule has 0 amide bonds. The first-order valence-corrected chi connectivity index (χ1v) is 6.93. The van der Waals surface area contributed by atoms with Gasteiger partial charge in [-0.2, -0.15) is 0 Å². The Morgan fingerprint density at radius 3 is 3.12 bits per heavy atom. The zero-order valence-corrected chi connectivity index (χ0v) is 10.6. The molecule has 0 aromatic carbocycles. The van der Waals surface area contributed by atoms with E-state index in [2.05, 4.69) is 5.32 Å². The van der Waals surface area contributed by atoms with Crippen molar-refractivity contribution in [3.8, 4) is 0 Å². The fourth-order valence-electron chi connectivity index (χ4n) is 2.31. The predicted molar refractivity (Wildman–Crippen MR) is 68.2 cm³/mol. The lowest BCUT2D eigenvalue weighted by Crippen LogP contribution is -2.30. The standard InChI is InChI=1S/C13H19NOS/c1-10-12(6-8-16-10)13(15)5-4-11-3-2-7-14-9-11/h6,8,11,14H,2-5,7,9H2,1H3. The molecule has 1 atom stereocenters. The first-order chi connectivity index (χ1) is 7.77. The smallest absolute Gasteiger partial charge is 0.163 e. The van der Waals surface area contributed by atoms with Crippen molar-refractivity contribution in [3.05, 3.63) is 21.9 Å². The summed E-state index contributed by atoms with van der Waals surface area (Å²) in [6, 6.07) is 1.96. The molecule has 1 unspecified atom stereocenters. The maximum atomic E-state index is 12.0. The molecule has 0 spiro atoms. The molecule has 0 saturated carbocycles. The molecule has 16 heavy (non-hydrogen) atoms. The lowest BCUT2D eigenvalue weighted by atomic mass is 9.92. The molecule has 1 aromatic rings. The van der Waals surface area contributed by atoms with Crippen LogP contribution >= 0.6 is 11.3 Å². The van der Waals surface area contributed by atoms with Gasteiger partial charge in [-0.1, -0.05) is 0 Å². The highest BCUT2D eigenvalue weighted by molar-refractivity contribution is 7.10. The minimum Gasteiger partial charge on any atom is -0.316 e. The number of aryl methyl sites for hydroxylation is 1. The van der Waals surface area contributed by atoms with E-state index in [0.717, 1.165) is 30.0 Å². The number of ketones is 1. The molecule has 0 aliphatic carbocycles. The van der Waals surface area contributed by atoms with Crippen molar-refractivity contribution < 1.29 is 4.79 Å². The van der Waals surface area contributed by atoms with Crippen LogP contribution in [-0.2, 0) is 0 Å². The SMILES string of the molecule is Cc1sccc1C(=O)CCC1CCCNC1. The van der Waals surface area contributed by atoms with E-state index in [9.17, 15) is 4.79 Å². The van der Waals surface area contributed by atoms with Crippen LogP contribution in [0.2, 0.25) is 0 Å². The topological polar surface area (TPSA) is 29.1 Å². The van der Waals surface area contributed by atoms with Gasteiger partial charge < -0.3 is 5.32 Å². The summed E-state index contributed by atoms with van der Waals surface area (Å²) in [5, 5.41) is 5.40. The molecule has 2 nitrogen and oxygen atoms in total. The van der Waals surface area contributed by atoms with Gasteiger partial charge in [-0.15, -0.1) is 11.3 Å². The summed E-state index contributed by atoms with van der Waals surface area (Å²) in [5.74, 6) is 1.03. The average molecular weight is 237 g/mol. The van der Waals surface area contributed by atoms with E-state index in [1.165, 1.54) is 12.8 Å². The molecule has 1 aromatic heterocycles. The highest BCUT2D eigenvalue weighted by atomic mass is 32.1. The van der Waals surface area contributed by atoms with Crippen molar-refractivity contribution in [2.24, 2.45) is 5.92 Å². The summed E-state index contributed by atoms with van der Waals surface area (Å²) in [7, 11) is 0. The second-order valence-corrected chi connectivity index (χ2v) is 5.68. The Morgan fingerprint density at radius 2 is 2.50 bits per heavy atom. The van der Waals surface area contributed by atoms with E-state index in [-0.39, 0.29) is 0 Å². The van der Waals surface area contributed by atoms with Gasteiger partial charge in [0.2, 0.25) is 0 Å². The molecule has 2 rings (SSSR count). The summed E-state index contributed by atoms with van der Waals surface area (Å²) in [4.78, 5) is 13.1. The minimum absolute atomic E-state index is 0.323. The fourth-order valence-corrected chi connectivity index (χ4v) is 3.03. The van der Waals surface area contributed by atoms with Crippen molar-refractivity contribution in [2.45, 2.75) is 32.6 Å². The van der Waals surface area contributed by atoms with Gasteiger partial charge in [-0.25, -0.2) is 0 Å². The van der Waals surface area contributed by atoms with Crippen LogP contribution in [0.15, 0.2) is 11.4 Å². The molecular formula is C13H19NOS. The Labute approximate surface area is 101 Å². The van der Waals surface area contributed by atoms with Crippen LogP contribution in [0.3, 0.4) is 0 Å². The van der Waals surface area contributed by atoms with Crippen LogP contribution in [0.4, 0.5) is 0 Å². The third kappa shape index (κ3) is 2.92. The van der Waals surface area contributed by atoms with Crippen LogP contribution < -0.4 is 5.32 Å². The van der Waals surface area contributed by atoms with Crippen LogP contribution in [-0.4, -0.2) is 18.9 Å². The highest BCUT2D eigenvalue weighted by Crippen LogP contribution is 2.21. The fraction of sp³-hybridized carbons (Fsp3) is 0.615. The minimum atomic E-state index is 0.323. The molecular weight excluding hydrogens is 218 g/mol. The van der Waals surface area contributed by atoms with E-state index in [4.69, 9.17) is 0 Å². The number of rotatable bonds is 4. The maximum Gasteiger partial charge on any atom is 0.163 e. The number of hydrogen-bond donors (Lipinski definition) is 1. The molecule has 1 saturated heterocycles. The van der Waals surface area contributed by atoms with Gasteiger partial charge in [-0.05, 0) is 56.6 Å². The van der Waals surface area contributed by atoms with Crippen LogP contribution in [0.1, 0.15) is 40.9 Å². The molecule has 1 aliphatic heterocycles. The average Bonchev–Trinajstić information content (AvgIpc) is 2.74. The number of Topliss-reactive ketones (excluding diaryl/α,β-unsaturated/α-hetero) is 1. The lowest BCUT2D eigenvalue weighted by Gasteiger charge is -2.22. The number of carbonyl (C=O) groups excluding carboxylic acids is 1. The van der Waals surface area contributed by atoms with Crippen LogP contribution in [0.5, 0.6) is 0 Å². The number of piperidine rings is 1.